The van der Waals surface area contributed by atoms with Gasteiger partial charge in [0.05, 0.1) is 11.1 Å². The lowest BCUT2D eigenvalue weighted by Gasteiger charge is -2.14. The van der Waals surface area contributed by atoms with E-state index in [4.69, 9.17) is 0 Å². The molecule has 0 heterocycles. The van der Waals surface area contributed by atoms with Gasteiger partial charge in [0.25, 0.3) is 0 Å². The lowest BCUT2D eigenvalue weighted by atomic mass is 9.99. The van der Waals surface area contributed by atoms with Crippen molar-refractivity contribution in [2.45, 2.75) is 17.9 Å². The smallest absolute Gasteiger partial charge is 0.376 e. The van der Waals surface area contributed by atoms with Crippen molar-refractivity contribution in [3.63, 3.8) is 0 Å². The van der Waals surface area contributed by atoms with Gasteiger partial charge in [0.1, 0.15) is 5.75 Å². The maximum atomic E-state index is 12.9. The van der Waals surface area contributed by atoms with Crippen LogP contribution in [0.1, 0.15) is 11.1 Å². The third kappa shape index (κ3) is 4.88. The number of alkyl halides is 9. The van der Waals surface area contributed by atoms with E-state index in [2.05, 4.69) is 4.18 Å². The molecule has 0 unspecified atom stereocenters. The van der Waals surface area contributed by atoms with Crippen molar-refractivity contribution in [2.75, 3.05) is 0 Å². The molecule has 0 aliphatic heterocycles. The molecule has 0 fully saturated rings. The summed E-state index contributed by atoms with van der Waals surface area (Å²) in [4.78, 5) is 0. The van der Waals surface area contributed by atoms with Crippen molar-refractivity contribution in [3.8, 4) is 16.9 Å². The highest BCUT2D eigenvalue weighted by molar-refractivity contribution is 7.88. The van der Waals surface area contributed by atoms with Gasteiger partial charge in [-0.1, -0.05) is 12.1 Å². The summed E-state index contributed by atoms with van der Waals surface area (Å²) in [7, 11) is -5.98. The van der Waals surface area contributed by atoms with Gasteiger partial charge in [0.2, 0.25) is 0 Å². The summed E-state index contributed by atoms with van der Waals surface area (Å²) in [5, 5.41) is 0. The van der Waals surface area contributed by atoms with Gasteiger partial charge in [-0.05, 0) is 41.5 Å². The topological polar surface area (TPSA) is 43.4 Å². The van der Waals surface area contributed by atoms with Crippen molar-refractivity contribution < 1.29 is 52.1 Å². The fourth-order valence-corrected chi connectivity index (χ4v) is 2.46. The van der Waals surface area contributed by atoms with Crippen molar-refractivity contribution in [1.29, 1.82) is 0 Å². The largest absolute Gasteiger partial charge is 0.534 e. The number of benzene rings is 2. The molecule has 0 aromatic heterocycles. The molecule has 2 rings (SSSR count). The second-order valence-corrected chi connectivity index (χ2v) is 6.84. The van der Waals surface area contributed by atoms with Crippen LogP contribution in [-0.2, 0) is 22.5 Å². The molecule has 0 spiro atoms. The molecule has 28 heavy (non-hydrogen) atoms. The van der Waals surface area contributed by atoms with Gasteiger partial charge in [-0.2, -0.15) is 47.9 Å². The van der Waals surface area contributed by atoms with E-state index in [1.807, 2.05) is 0 Å². The van der Waals surface area contributed by atoms with Crippen LogP contribution in [0.5, 0.6) is 5.75 Å². The normalized spacial score (nSPS) is 13.5. The number of hydrogen-bond acceptors (Lipinski definition) is 3. The van der Waals surface area contributed by atoms with E-state index >= 15 is 0 Å². The molecule has 2 aromatic rings. The SMILES string of the molecule is O=S(=O)(Oc1ccc(-c2cc(C(F)(F)F)cc(C(F)(F)F)c2)cc1)C(F)(F)F. The molecular formula is C15H7F9O3S. The Labute approximate surface area is 151 Å². The molecule has 154 valence electrons. The molecule has 0 bridgehead atoms. The van der Waals surface area contributed by atoms with Crippen LogP contribution >= 0.6 is 0 Å². The summed E-state index contributed by atoms with van der Waals surface area (Å²) in [5.74, 6) is -0.830. The first kappa shape index (κ1) is 21.9. The van der Waals surface area contributed by atoms with Gasteiger partial charge in [0.15, 0.2) is 0 Å². The maximum absolute atomic E-state index is 12.9. The van der Waals surface area contributed by atoms with Crippen LogP contribution < -0.4 is 4.18 Å². The summed E-state index contributed by atoms with van der Waals surface area (Å²) in [6, 6.07) is 3.69. The first-order valence-electron chi connectivity index (χ1n) is 6.91. The Hall–Kier alpha value is -2.44. The quantitative estimate of drug-likeness (QED) is 0.355. The summed E-state index contributed by atoms with van der Waals surface area (Å²) in [6.07, 6.45) is -10.2. The molecule has 0 saturated carbocycles. The lowest BCUT2D eigenvalue weighted by Crippen LogP contribution is -2.28. The zero-order valence-corrected chi connectivity index (χ0v) is 13.9. The second kappa shape index (κ2) is 6.87. The highest BCUT2D eigenvalue weighted by Crippen LogP contribution is 2.39. The Bertz CT molecular complexity index is 924. The van der Waals surface area contributed by atoms with Crippen molar-refractivity contribution >= 4 is 10.1 Å². The van der Waals surface area contributed by atoms with Crippen LogP contribution in [0.4, 0.5) is 39.5 Å². The summed E-state index contributed by atoms with van der Waals surface area (Å²) >= 11 is 0. The third-order valence-electron chi connectivity index (χ3n) is 3.26. The minimum atomic E-state index is -5.98. The predicted molar refractivity (Wildman–Crippen MR) is 77.5 cm³/mol. The molecule has 3 nitrogen and oxygen atoms in total. The first-order chi connectivity index (χ1) is 12.5. The summed E-state index contributed by atoms with van der Waals surface area (Å²) in [5.41, 5.74) is -9.66. The lowest BCUT2D eigenvalue weighted by molar-refractivity contribution is -0.143. The van der Waals surface area contributed by atoms with E-state index < -0.39 is 50.4 Å². The van der Waals surface area contributed by atoms with E-state index in [1.54, 1.807) is 0 Å². The zero-order chi connectivity index (χ0) is 21.5. The van der Waals surface area contributed by atoms with Crippen LogP contribution in [0.2, 0.25) is 0 Å². The van der Waals surface area contributed by atoms with Crippen molar-refractivity contribution in [3.05, 3.63) is 53.6 Å². The van der Waals surface area contributed by atoms with Gasteiger partial charge in [0, 0.05) is 0 Å². The maximum Gasteiger partial charge on any atom is 0.534 e. The van der Waals surface area contributed by atoms with Crippen LogP contribution in [0.3, 0.4) is 0 Å². The third-order valence-corrected chi connectivity index (χ3v) is 4.24. The second-order valence-electron chi connectivity index (χ2n) is 5.30. The predicted octanol–water partition coefficient (Wildman–Crippen LogP) is 5.62. The van der Waals surface area contributed by atoms with Gasteiger partial charge in [-0.15, -0.1) is 0 Å². The van der Waals surface area contributed by atoms with E-state index in [0.29, 0.717) is 24.3 Å². The van der Waals surface area contributed by atoms with E-state index in [9.17, 15) is 47.9 Å². The standard InChI is InChI=1S/C15H7F9O3S/c16-13(17,18)10-5-9(6-11(7-10)14(19,20)21)8-1-3-12(4-2-8)27-28(25,26)15(22,23)24/h1-7H. The molecule has 0 saturated heterocycles. The molecular weight excluding hydrogens is 431 g/mol. The van der Waals surface area contributed by atoms with Gasteiger partial charge < -0.3 is 4.18 Å². The average molecular weight is 438 g/mol. The van der Waals surface area contributed by atoms with E-state index in [0.717, 1.165) is 12.1 Å². The highest BCUT2D eigenvalue weighted by Gasteiger charge is 2.48. The Balaban J connectivity index is 2.46. The summed E-state index contributed by atoms with van der Waals surface area (Å²) < 4.78 is 139. The Morgan fingerprint density at radius 1 is 0.643 bits per heavy atom. The van der Waals surface area contributed by atoms with E-state index in [-0.39, 0.29) is 11.6 Å². The number of rotatable bonds is 3. The Morgan fingerprint density at radius 3 is 1.43 bits per heavy atom. The Morgan fingerprint density at radius 2 is 1.07 bits per heavy atom. The van der Waals surface area contributed by atoms with Gasteiger partial charge in [-0.25, -0.2) is 0 Å². The Kier molecular flexibility index (Phi) is 5.36. The fraction of sp³-hybridized carbons (Fsp3) is 0.200. The molecule has 2 aromatic carbocycles. The van der Waals surface area contributed by atoms with Crippen LogP contribution in [0, 0.1) is 0 Å². The number of halogens is 9. The van der Waals surface area contributed by atoms with E-state index in [1.165, 1.54) is 0 Å². The molecule has 0 N–H and O–H groups in total. The summed E-state index contributed by atoms with van der Waals surface area (Å²) in [6.45, 7) is 0. The van der Waals surface area contributed by atoms with Crippen molar-refractivity contribution in [2.24, 2.45) is 0 Å². The molecule has 0 amide bonds. The minimum Gasteiger partial charge on any atom is -0.376 e. The molecule has 0 atom stereocenters. The minimum absolute atomic E-state index is 0.0864. The fourth-order valence-electron chi connectivity index (χ4n) is 2.00. The molecule has 13 heteroatoms. The highest BCUT2D eigenvalue weighted by atomic mass is 32.2. The van der Waals surface area contributed by atoms with Gasteiger partial charge >= 0.3 is 28.0 Å². The van der Waals surface area contributed by atoms with Crippen LogP contribution in [0.15, 0.2) is 42.5 Å². The first-order valence-corrected chi connectivity index (χ1v) is 8.32. The zero-order valence-electron chi connectivity index (χ0n) is 13.1. The molecule has 0 radical (unpaired) electrons. The van der Waals surface area contributed by atoms with Gasteiger partial charge in [-0.3, -0.25) is 0 Å². The molecule has 0 aliphatic carbocycles. The van der Waals surface area contributed by atoms with Crippen molar-refractivity contribution in [1.82, 2.24) is 0 Å². The molecule has 0 aliphatic rings. The number of hydrogen-bond donors (Lipinski definition) is 0. The van der Waals surface area contributed by atoms with Crippen LogP contribution in [-0.4, -0.2) is 13.9 Å². The van der Waals surface area contributed by atoms with Crippen LogP contribution in [0.25, 0.3) is 11.1 Å². The average Bonchev–Trinajstić information content (AvgIpc) is 2.52. The monoisotopic (exact) mass is 438 g/mol.